The molecule has 1 heterocycles. The van der Waals surface area contributed by atoms with Gasteiger partial charge in [0.2, 0.25) is 0 Å². The number of carbonyl (C=O) groups is 1. The molecule has 0 aliphatic carbocycles. The summed E-state index contributed by atoms with van der Waals surface area (Å²) in [6.45, 7) is 2.70. The van der Waals surface area contributed by atoms with Gasteiger partial charge in [-0.3, -0.25) is 0 Å². The molecule has 2 aromatic carbocycles. The van der Waals surface area contributed by atoms with E-state index in [1.165, 1.54) is 5.69 Å². The second-order valence-corrected chi connectivity index (χ2v) is 6.00. The van der Waals surface area contributed by atoms with Crippen LogP contribution in [0.25, 0.3) is 0 Å². The molecule has 0 spiro atoms. The van der Waals surface area contributed by atoms with Crippen LogP contribution in [0.3, 0.4) is 0 Å². The number of methoxy groups -OCH3 is 1. The fourth-order valence-corrected chi connectivity index (χ4v) is 2.96. The van der Waals surface area contributed by atoms with Crippen LogP contribution < -0.4 is 20.3 Å². The van der Waals surface area contributed by atoms with Crippen LogP contribution in [0.1, 0.15) is 6.42 Å². The van der Waals surface area contributed by atoms with E-state index in [-0.39, 0.29) is 6.03 Å². The highest BCUT2D eigenvalue weighted by Gasteiger charge is 2.22. The Bertz CT molecular complexity index is 658. The minimum Gasteiger partial charge on any atom is -0.497 e. The van der Waals surface area contributed by atoms with Gasteiger partial charge >= 0.3 is 6.03 Å². The second-order valence-electron chi connectivity index (χ2n) is 6.00. The van der Waals surface area contributed by atoms with Gasteiger partial charge in [0.1, 0.15) is 5.75 Å². The number of anilines is 2. The molecule has 1 saturated heterocycles. The Morgan fingerprint density at radius 3 is 2.62 bits per heavy atom. The molecule has 5 nitrogen and oxygen atoms in total. The van der Waals surface area contributed by atoms with E-state index >= 15 is 0 Å². The molecule has 3 rings (SSSR count). The lowest BCUT2D eigenvalue weighted by atomic mass is 10.1. The summed E-state index contributed by atoms with van der Waals surface area (Å²) in [5.41, 5.74) is 2.01. The number of rotatable bonds is 5. The SMILES string of the molecule is COc1ccc(NC(=O)NC[C@H]2CCN(c3ccccc3)C2)cc1. The van der Waals surface area contributed by atoms with Crippen molar-refractivity contribution in [2.45, 2.75) is 6.42 Å². The van der Waals surface area contributed by atoms with Gasteiger partial charge in [-0.1, -0.05) is 18.2 Å². The summed E-state index contributed by atoms with van der Waals surface area (Å²) in [5.74, 6) is 1.25. The number of amides is 2. The fraction of sp³-hybridized carbons (Fsp3) is 0.316. The van der Waals surface area contributed by atoms with Gasteiger partial charge < -0.3 is 20.3 Å². The van der Waals surface area contributed by atoms with Gasteiger partial charge in [0.15, 0.2) is 0 Å². The van der Waals surface area contributed by atoms with E-state index in [1.807, 2.05) is 30.3 Å². The Morgan fingerprint density at radius 1 is 1.17 bits per heavy atom. The molecule has 0 unspecified atom stereocenters. The van der Waals surface area contributed by atoms with Crippen molar-refractivity contribution in [3.05, 3.63) is 54.6 Å². The van der Waals surface area contributed by atoms with Crippen LogP contribution in [0.15, 0.2) is 54.6 Å². The maximum Gasteiger partial charge on any atom is 0.319 e. The van der Waals surface area contributed by atoms with Gasteiger partial charge in [0, 0.05) is 31.0 Å². The molecular weight excluding hydrogens is 302 g/mol. The number of nitrogens with one attached hydrogen (secondary N) is 2. The third-order valence-corrected chi connectivity index (χ3v) is 4.31. The Labute approximate surface area is 142 Å². The average molecular weight is 325 g/mol. The van der Waals surface area contributed by atoms with Crippen LogP contribution in [0.4, 0.5) is 16.2 Å². The van der Waals surface area contributed by atoms with Gasteiger partial charge in [-0.15, -0.1) is 0 Å². The monoisotopic (exact) mass is 325 g/mol. The number of urea groups is 1. The van der Waals surface area contributed by atoms with Gasteiger partial charge in [0.25, 0.3) is 0 Å². The molecule has 24 heavy (non-hydrogen) atoms. The molecule has 126 valence electrons. The Morgan fingerprint density at radius 2 is 1.92 bits per heavy atom. The van der Waals surface area contributed by atoms with Crippen LogP contribution in [-0.4, -0.2) is 32.8 Å². The summed E-state index contributed by atoms with van der Waals surface area (Å²) in [5, 5.41) is 5.81. The standard InChI is InChI=1S/C19H23N3O2/c1-24-18-9-7-16(8-10-18)21-19(23)20-13-15-11-12-22(14-15)17-5-3-2-4-6-17/h2-10,15H,11-14H2,1H3,(H2,20,21,23)/t15-/m1/s1. The zero-order chi connectivity index (χ0) is 16.8. The molecule has 5 heteroatoms. The molecule has 2 aromatic rings. The summed E-state index contributed by atoms with van der Waals surface area (Å²) in [6, 6.07) is 17.5. The van der Waals surface area contributed by atoms with Crippen molar-refractivity contribution < 1.29 is 9.53 Å². The maximum atomic E-state index is 12.0. The average Bonchev–Trinajstić information content (AvgIpc) is 3.10. The van der Waals surface area contributed by atoms with Crippen molar-refractivity contribution in [3.63, 3.8) is 0 Å². The number of para-hydroxylation sites is 1. The third kappa shape index (κ3) is 4.19. The minimum atomic E-state index is -0.168. The quantitative estimate of drug-likeness (QED) is 0.886. The third-order valence-electron chi connectivity index (χ3n) is 4.31. The second kappa shape index (κ2) is 7.73. The lowest BCUT2D eigenvalue weighted by molar-refractivity contribution is 0.250. The van der Waals surface area contributed by atoms with Crippen molar-refractivity contribution in [2.24, 2.45) is 5.92 Å². The molecule has 0 bridgehead atoms. The molecule has 1 fully saturated rings. The van der Waals surface area contributed by atoms with Gasteiger partial charge in [0.05, 0.1) is 7.11 Å². The molecular formula is C19H23N3O2. The van der Waals surface area contributed by atoms with E-state index in [0.29, 0.717) is 12.5 Å². The van der Waals surface area contributed by atoms with Crippen molar-refractivity contribution in [2.75, 3.05) is 37.0 Å². The van der Waals surface area contributed by atoms with Crippen molar-refractivity contribution in [1.82, 2.24) is 5.32 Å². The topological polar surface area (TPSA) is 53.6 Å². The molecule has 2 N–H and O–H groups in total. The highest BCUT2D eigenvalue weighted by molar-refractivity contribution is 5.89. The first-order chi connectivity index (χ1) is 11.7. The maximum absolute atomic E-state index is 12.0. The number of ether oxygens (including phenoxy) is 1. The molecule has 2 amide bonds. The number of hydrogen-bond donors (Lipinski definition) is 2. The first kappa shape index (κ1) is 16.2. The van der Waals surface area contributed by atoms with Crippen LogP contribution in [-0.2, 0) is 0 Å². The fourth-order valence-electron chi connectivity index (χ4n) is 2.96. The van der Waals surface area contributed by atoms with Crippen molar-refractivity contribution >= 4 is 17.4 Å². The predicted octanol–water partition coefficient (Wildman–Crippen LogP) is 3.34. The largest absolute Gasteiger partial charge is 0.497 e. The summed E-state index contributed by atoms with van der Waals surface area (Å²) in [4.78, 5) is 14.4. The van der Waals surface area contributed by atoms with Crippen LogP contribution in [0.2, 0.25) is 0 Å². The summed E-state index contributed by atoms with van der Waals surface area (Å²) in [7, 11) is 1.62. The normalized spacial score (nSPS) is 16.7. The van der Waals surface area contributed by atoms with Gasteiger partial charge in [-0.2, -0.15) is 0 Å². The lowest BCUT2D eigenvalue weighted by Gasteiger charge is -2.18. The molecule has 1 aliphatic heterocycles. The summed E-state index contributed by atoms with van der Waals surface area (Å²) >= 11 is 0. The zero-order valence-electron chi connectivity index (χ0n) is 13.9. The van der Waals surface area contributed by atoms with Gasteiger partial charge in [-0.05, 0) is 48.7 Å². The van der Waals surface area contributed by atoms with E-state index in [0.717, 1.165) is 30.9 Å². The highest BCUT2D eigenvalue weighted by Crippen LogP contribution is 2.23. The highest BCUT2D eigenvalue weighted by atomic mass is 16.5. The molecule has 1 aliphatic rings. The van der Waals surface area contributed by atoms with E-state index < -0.39 is 0 Å². The molecule has 1 atom stereocenters. The predicted molar refractivity (Wildman–Crippen MR) is 96.8 cm³/mol. The van der Waals surface area contributed by atoms with E-state index in [1.54, 1.807) is 7.11 Å². The smallest absolute Gasteiger partial charge is 0.319 e. The molecule has 0 saturated carbocycles. The first-order valence-electron chi connectivity index (χ1n) is 8.23. The molecule has 0 aromatic heterocycles. The van der Waals surface area contributed by atoms with Crippen molar-refractivity contribution in [1.29, 1.82) is 0 Å². The van der Waals surface area contributed by atoms with Crippen LogP contribution >= 0.6 is 0 Å². The van der Waals surface area contributed by atoms with Gasteiger partial charge in [-0.25, -0.2) is 4.79 Å². The van der Waals surface area contributed by atoms with Crippen LogP contribution in [0, 0.1) is 5.92 Å². The van der Waals surface area contributed by atoms with Crippen LogP contribution in [0.5, 0.6) is 5.75 Å². The van der Waals surface area contributed by atoms with Crippen molar-refractivity contribution in [3.8, 4) is 5.75 Å². The summed E-state index contributed by atoms with van der Waals surface area (Å²) in [6.07, 6.45) is 1.09. The zero-order valence-corrected chi connectivity index (χ0v) is 13.9. The Kier molecular flexibility index (Phi) is 5.21. The first-order valence-corrected chi connectivity index (χ1v) is 8.23. The number of hydrogen-bond acceptors (Lipinski definition) is 3. The van der Waals surface area contributed by atoms with E-state index in [2.05, 4.69) is 39.8 Å². The Hall–Kier alpha value is -2.69. The Balaban J connectivity index is 1.43. The number of nitrogens with zero attached hydrogens (tertiary/aromatic N) is 1. The van der Waals surface area contributed by atoms with E-state index in [9.17, 15) is 4.79 Å². The van der Waals surface area contributed by atoms with E-state index in [4.69, 9.17) is 4.74 Å². The number of carbonyl (C=O) groups excluding carboxylic acids is 1. The number of benzene rings is 2. The lowest BCUT2D eigenvalue weighted by Crippen LogP contribution is -2.34. The molecule has 0 radical (unpaired) electrons. The summed E-state index contributed by atoms with van der Waals surface area (Å²) < 4.78 is 5.10. The minimum absolute atomic E-state index is 0.168.